The molecule has 0 bridgehead atoms. The van der Waals surface area contributed by atoms with Crippen LogP contribution in [-0.4, -0.2) is 37.6 Å². The van der Waals surface area contributed by atoms with Crippen molar-refractivity contribution in [3.8, 4) is 11.5 Å². The van der Waals surface area contributed by atoms with E-state index in [0.29, 0.717) is 11.8 Å². The van der Waals surface area contributed by atoms with Gasteiger partial charge in [-0.05, 0) is 61.9 Å². The topological polar surface area (TPSA) is 21.7 Å². The number of rotatable bonds is 7. The maximum atomic E-state index is 6.19. The van der Waals surface area contributed by atoms with Gasteiger partial charge in [0.15, 0.2) is 0 Å². The lowest BCUT2D eigenvalue weighted by Gasteiger charge is -2.32. The van der Waals surface area contributed by atoms with Gasteiger partial charge in [0, 0.05) is 30.6 Å². The molecule has 136 valence electrons. The molecule has 2 unspecified atom stereocenters. The molecule has 0 aromatic heterocycles. The van der Waals surface area contributed by atoms with Crippen LogP contribution in [0.25, 0.3) is 0 Å². The Labute approximate surface area is 156 Å². The maximum absolute atomic E-state index is 6.19. The number of hydrogen-bond donors (Lipinski definition) is 0. The van der Waals surface area contributed by atoms with E-state index in [1.54, 1.807) is 7.11 Å². The quantitative estimate of drug-likeness (QED) is 0.510. The molecule has 25 heavy (non-hydrogen) atoms. The van der Waals surface area contributed by atoms with Crippen LogP contribution in [-0.2, 0) is 0 Å². The fourth-order valence-electron chi connectivity index (χ4n) is 3.70. The highest BCUT2D eigenvalue weighted by molar-refractivity contribution is 6.18. The van der Waals surface area contributed by atoms with E-state index >= 15 is 0 Å². The van der Waals surface area contributed by atoms with Gasteiger partial charge < -0.3 is 14.4 Å². The number of benzene rings is 1. The van der Waals surface area contributed by atoms with Gasteiger partial charge in [-0.15, -0.1) is 11.6 Å². The molecule has 1 heterocycles. The Kier molecular flexibility index (Phi) is 6.69. The van der Waals surface area contributed by atoms with Crippen molar-refractivity contribution in [2.45, 2.75) is 25.7 Å². The lowest BCUT2D eigenvalue weighted by molar-refractivity contribution is 0.247. The van der Waals surface area contributed by atoms with Crippen molar-refractivity contribution in [1.82, 2.24) is 4.90 Å². The van der Waals surface area contributed by atoms with E-state index in [-0.39, 0.29) is 0 Å². The molecule has 1 aromatic carbocycles. The van der Waals surface area contributed by atoms with Gasteiger partial charge in [0.25, 0.3) is 0 Å². The number of alkyl halides is 1. The standard InChI is InChI=1S/C21H28ClNO2/c1-24-19-9-11-20(12-10-19)25-14-4-13-23-16-17(15-22)7-8-18-5-2-3-6-21(18)23/h2-3,6,9-12,17-18H,4-5,7-8,13-16H2,1H3. The number of likely N-dealkylation sites (tertiary alicyclic amines) is 1. The zero-order valence-corrected chi connectivity index (χ0v) is 15.8. The van der Waals surface area contributed by atoms with Crippen LogP contribution in [0.1, 0.15) is 25.7 Å². The largest absolute Gasteiger partial charge is 0.497 e. The van der Waals surface area contributed by atoms with Gasteiger partial charge in [0.2, 0.25) is 0 Å². The van der Waals surface area contributed by atoms with Gasteiger partial charge in [0.05, 0.1) is 13.7 Å². The number of allylic oxidation sites excluding steroid dienone is 4. The molecule has 1 aliphatic heterocycles. The van der Waals surface area contributed by atoms with E-state index in [0.717, 1.165) is 43.5 Å². The fourth-order valence-corrected chi connectivity index (χ4v) is 3.96. The van der Waals surface area contributed by atoms with Crippen LogP contribution in [0.4, 0.5) is 0 Å². The zero-order chi connectivity index (χ0) is 17.5. The van der Waals surface area contributed by atoms with Crippen LogP contribution in [0.3, 0.4) is 0 Å². The first-order chi connectivity index (χ1) is 12.3. The first-order valence-corrected chi connectivity index (χ1v) is 9.78. The van der Waals surface area contributed by atoms with Crippen molar-refractivity contribution in [1.29, 1.82) is 0 Å². The van der Waals surface area contributed by atoms with Crippen LogP contribution in [0.2, 0.25) is 0 Å². The highest BCUT2D eigenvalue weighted by Crippen LogP contribution is 2.34. The number of hydrogen-bond acceptors (Lipinski definition) is 3. The number of methoxy groups -OCH3 is 1. The molecule has 4 heteroatoms. The summed E-state index contributed by atoms with van der Waals surface area (Å²) < 4.78 is 11.0. The van der Waals surface area contributed by atoms with Crippen LogP contribution < -0.4 is 9.47 Å². The minimum Gasteiger partial charge on any atom is -0.497 e. The van der Waals surface area contributed by atoms with E-state index in [2.05, 4.69) is 23.1 Å². The highest BCUT2D eigenvalue weighted by Gasteiger charge is 2.27. The lowest BCUT2D eigenvalue weighted by Crippen LogP contribution is -2.31. The Morgan fingerprint density at radius 1 is 1.16 bits per heavy atom. The summed E-state index contributed by atoms with van der Waals surface area (Å²) in [5, 5.41) is 0. The van der Waals surface area contributed by atoms with Crippen LogP contribution in [0.15, 0.2) is 48.2 Å². The van der Waals surface area contributed by atoms with Crippen LogP contribution >= 0.6 is 11.6 Å². The lowest BCUT2D eigenvalue weighted by atomic mass is 9.91. The average molecular weight is 362 g/mol. The molecule has 3 nitrogen and oxygen atoms in total. The molecule has 0 spiro atoms. The third-order valence-corrected chi connectivity index (χ3v) is 5.56. The van der Waals surface area contributed by atoms with Crippen molar-refractivity contribution >= 4 is 11.6 Å². The van der Waals surface area contributed by atoms with Gasteiger partial charge in [-0.25, -0.2) is 0 Å². The summed E-state index contributed by atoms with van der Waals surface area (Å²) in [6, 6.07) is 7.77. The molecular weight excluding hydrogens is 334 g/mol. The molecule has 0 radical (unpaired) electrons. The Bertz CT molecular complexity index is 596. The van der Waals surface area contributed by atoms with Gasteiger partial charge in [-0.2, -0.15) is 0 Å². The summed E-state index contributed by atoms with van der Waals surface area (Å²) in [7, 11) is 1.67. The van der Waals surface area contributed by atoms with E-state index in [1.807, 2.05) is 24.3 Å². The number of halogens is 1. The summed E-state index contributed by atoms with van der Waals surface area (Å²) in [5.41, 5.74) is 1.50. The van der Waals surface area contributed by atoms with Gasteiger partial charge >= 0.3 is 0 Å². The third kappa shape index (κ3) is 4.94. The van der Waals surface area contributed by atoms with Crippen molar-refractivity contribution in [3.05, 3.63) is 48.2 Å². The molecule has 2 atom stereocenters. The SMILES string of the molecule is COc1ccc(OCCCN2CC(CCl)CCC3CC=CC=C32)cc1. The molecule has 3 rings (SSSR count). The molecular formula is C21H28ClNO2. The van der Waals surface area contributed by atoms with E-state index in [9.17, 15) is 0 Å². The third-order valence-electron chi connectivity index (χ3n) is 5.13. The van der Waals surface area contributed by atoms with Gasteiger partial charge in [-0.1, -0.05) is 12.2 Å². The minimum atomic E-state index is 0.593. The van der Waals surface area contributed by atoms with Crippen molar-refractivity contribution in [3.63, 3.8) is 0 Å². The molecule has 0 amide bonds. The van der Waals surface area contributed by atoms with Crippen molar-refractivity contribution < 1.29 is 9.47 Å². The Morgan fingerprint density at radius 3 is 2.72 bits per heavy atom. The Morgan fingerprint density at radius 2 is 1.96 bits per heavy atom. The summed E-state index contributed by atoms with van der Waals surface area (Å²) in [6.07, 6.45) is 11.5. The number of ether oxygens (including phenoxy) is 2. The normalized spacial score (nSPS) is 22.8. The predicted octanol–water partition coefficient (Wildman–Crippen LogP) is 4.87. The molecule has 1 saturated heterocycles. The Hall–Kier alpha value is -1.61. The summed E-state index contributed by atoms with van der Waals surface area (Å²) >= 11 is 6.19. The Balaban J connectivity index is 1.52. The smallest absolute Gasteiger partial charge is 0.119 e. The van der Waals surface area contributed by atoms with Crippen molar-refractivity contribution in [2.75, 3.05) is 32.7 Å². The molecule has 0 saturated carbocycles. The maximum Gasteiger partial charge on any atom is 0.119 e. The second kappa shape index (κ2) is 9.19. The first-order valence-electron chi connectivity index (χ1n) is 9.24. The predicted molar refractivity (Wildman–Crippen MR) is 103 cm³/mol. The van der Waals surface area contributed by atoms with Crippen molar-refractivity contribution in [2.24, 2.45) is 11.8 Å². The number of fused-ring (bicyclic) bond motifs is 1. The summed E-state index contributed by atoms with van der Waals surface area (Å²) in [6.45, 7) is 2.82. The van der Waals surface area contributed by atoms with Gasteiger partial charge in [-0.3, -0.25) is 0 Å². The summed E-state index contributed by atoms with van der Waals surface area (Å²) in [4.78, 5) is 2.55. The van der Waals surface area contributed by atoms with Crippen LogP contribution in [0.5, 0.6) is 11.5 Å². The second-order valence-corrected chi connectivity index (χ2v) is 7.18. The second-order valence-electron chi connectivity index (χ2n) is 6.87. The van der Waals surface area contributed by atoms with Gasteiger partial charge in [0.1, 0.15) is 11.5 Å². The molecule has 1 aromatic rings. The molecule has 1 aliphatic carbocycles. The average Bonchev–Trinajstić information content (AvgIpc) is 2.85. The monoisotopic (exact) mass is 361 g/mol. The first kappa shape index (κ1) is 18.2. The van der Waals surface area contributed by atoms with E-state index < -0.39 is 0 Å². The van der Waals surface area contributed by atoms with Crippen LogP contribution in [0, 0.1) is 11.8 Å². The minimum absolute atomic E-state index is 0.593. The summed E-state index contributed by atoms with van der Waals surface area (Å²) in [5.74, 6) is 3.77. The highest BCUT2D eigenvalue weighted by atomic mass is 35.5. The molecule has 2 aliphatic rings. The van der Waals surface area contributed by atoms with E-state index in [1.165, 1.54) is 25.0 Å². The molecule has 0 N–H and O–H groups in total. The molecule has 1 fully saturated rings. The number of nitrogens with zero attached hydrogens (tertiary/aromatic N) is 1. The fraction of sp³-hybridized carbons (Fsp3) is 0.524. The zero-order valence-electron chi connectivity index (χ0n) is 15.0. The van der Waals surface area contributed by atoms with E-state index in [4.69, 9.17) is 21.1 Å².